The quantitative estimate of drug-likeness (QED) is 0.791. The molecule has 1 aliphatic heterocycles. The fourth-order valence-corrected chi connectivity index (χ4v) is 3.95. The molecule has 0 aliphatic carbocycles. The van der Waals surface area contributed by atoms with Crippen LogP contribution in [0.25, 0.3) is 4.96 Å². The average molecular weight is 342 g/mol. The third-order valence-electron chi connectivity index (χ3n) is 3.53. The zero-order valence-corrected chi connectivity index (χ0v) is 14.1. The second-order valence-corrected chi connectivity index (χ2v) is 7.12. The van der Waals surface area contributed by atoms with Gasteiger partial charge in [-0.15, -0.1) is 5.10 Å². The van der Waals surface area contributed by atoms with E-state index in [-0.39, 0.29) is 11.7 Å². The van der Waals surface area contributed by atoms with E-state index in [1.807, 2.05) is 13.2 Å². The summed E-state index contributed by atoms with van der Waals surface area (Å²) in [6.45, 7) is 4.20. The molecule has 120 valence electrons. The Morgan fingerprint density at radius 1 is 1.55 bits per heavy atom. The summed E-state index contributed by atoms with van der Waals surface area (Å²) in [7, 11) is 0. The number of likely N-dealkylation sites (tertiary alicyclic amines) is 1. The third-order valence-corrected chi connectivity index (χ3v) is 5.42. The van der Waals surface area contributed by atoms with E-state index in [9.17, 15) is 9.90 Å². The molecule has 1 fully saturated rings. The van der Waals surface area contributed by atoms with Gasteiger partial charge in [0.15, 0.2) is 4.34 Å². The van der Waals surface area contributed by atoms with Gasteiger partial charge in [-0.25, -0.2) is 4.98 Å². The Morgan fingerprint density at radius 3 is 3.09 bits per heavy atom. The molecule has 9 heteroatoms. The molecule has 0 amide bonds. The van der Waals surface area contributed by atoms with E-state index in [0.29, 0.717) is 36.9 Å². The molecule has 1 saturated heterocycles. The van der Waals surface area contributed by atoms with Gasteiger partial charge in [-0.05, 0) is 13.2 Å². The largest absolute Gasteiger partial charge is 0.389 e. The van der Waals surface area contributed by atoms with Crippen LogP contribution in [0.15, 0.2) is 15.2 Å². The topological polar surface area (TPSA) is 80.0 Å². The first-order valence-electron chi connectivity index (χ1n) is 7.06. The summed E-state index contributed by atoms with van der Waals surface area (Å²) >= 11 is 2.90. The average Bonchev–Trinajstić information content (AvgIpc) is 3.04. The lowest BCUT2D eigenvalue weighted by Crippen LogP contribution is -2.26. The molecule has 2 atom stereocenters. The Morgan fingerprint density at radius 2 is 2.36 bits per heavy atom. The molecule has 2 aromatic heterocycles. The van der Waals surface area contributed by atoms with Crippen LogP contribution in [-0.2, 0) is 11.3 Å². The standard InChI is InChI=1S/C13H18N4O3S2/c1-3-20-10-7-16(6-9(10)18)5-8-4-11(19)17-12(14-8)22-13(15-17)21-2/h4,9-10,18H,3,5-7H2,1-2H3/t9-,10-/m1/s1. The number of aliphatic hydroxyl groups is 1. The number of β-amino-alcohol motifs (C(OH)–C–C–N with tert-alkyl or cyclic N) is 1. The summed E-state index contributed by atoms with van der Waals surface area (Å²) in [4.78, 5) is 19.3. The number of hydrogen-bond donors (Lipinski definition) is 1. The Labute approximate surface area is 135 Å². The zero-order chi connectivity index (χ0) is 15.7. The Bertz CT molecular complexity index is 717. The van der Waals surface area contributed by atoms with Crippen molar-refractivity contribution in [3.05, 3.63) is 22.1 Å². The Balaban J connectivity index is 1.78. The summed E-state index contributed by atoms with van der Waals surface area (Å²) in [5, 5.41) is 14.2. The summed E-state index contributed by atoms with van der Waals surface area (Å²) in [6.07, 6.45) is 1.26. The molecule has 0 unspecified atom stereocenters. The van der Waals surface area contributed by atoms with Gasteiger partial charge in [0.05, 0.1) is 17.9 Å². The number of aliphatic hydroxyl groups excluding tert-OH is 1. The fraction of sp³-hybridized carbons (Fsp3) is 0.615. The second-order valence-electron chi connectivity index (χ2n) is 5.11. The lowest BCUT2D eigenvalue weighted by Gasteiger charge is -2.14. The van der Waals surface area contributed by atoms with Crippen LogP contribution < -0.4 is 5.56 Å². The van der Waals surface area contributed by atoms with Gasteiger partial charge in [-0.2, -0.15) is 4.52 Å². The minimum atomic E-state index is -0.490. The molecule has 1 N–H and O–H groups in total. The molecule has 1 aliphatic rings. The number of aromatic nitrogens is 3. The van der Waals surface area contributed by atoms with Crippen molar-refractivity contribution in [3.8, 4) is 0 Å². The highest BCUT2D eigenvalue weighted by atomic mass is 32.2. The van der Waals surface area contributed by atoms with Crippen molar-refractivity contribution in [1.29, 1.82) is 0 Å². The van der Waals surface area contributed by atoms with Gasteiger partial charge in [0, 0.05) is 32.3 Å². The van der Waals surface area contributed by atoms with Crippen molar-refractivity contribution in [1.82, 2.24) is 19.5 Å². The highest BCUT2D eigenvalue weighted by Crippen LogP contribution is 2.21. The first-order valence-corrected chi connectivity index (χ1v) is 9.10. The maximum atomic E-state index is 12.1. The van der Waals surface area contributed by atoms with Crippen LogP contribution in [0.2, 0.25) is 0 Å². The van der Waals surface area contributed by atoms with Gasteiger partial charge in [0.1, 0.15) is 0 Å². The molecular weight excluding hydrogens is 324 g/mol. The molecule has 0 aromatic carbocycles. The van der Waals surface area contributed by atoms with Gasteiger partial charge in [-0.1, -0.05) is 23.1 Å². The molecule has 3 heterocycles. The maximum absolute atomic E-state index is 12.1. The number of hydrogen-bond acceptors (Lipinski definition) is 8. The van der Waals surface area contributed by atoms with Crippen LogP contribution in [-0.4, -0.2) is 62.8 Å². The van der Waals surface area contributed by atoms with Crippen LogP contribution >= 0.6 is 23.1 Å². The Hall–Kier alpha value is -1.00. The number of ether oxygens (including phenoxy) is 1. The van der Waals surface area contributed by atoms with Gasteiger partial charge in [0.25, 0.3) is 5.56 Å². The van der Waals surface area contributed by atoms with Gasteiger partial charge < -0.3 is 9.84 Å². The predicted molar refractivity (Wildman–Crippen MR) is 85.6 cm³/mol. The molecule has 0 spiro atoms. The highest BCUT2D eigenvalue weighted by Gasteiger charge is 2.31. The van der Waals surface area contributed by atoms with E-state index in [2.05, 4.69) is 15.0 Å². The number of nitrogens with zero attached hydrogens (tertiary/aromatic N) is 4. The normalized spacial score (nSPS) is 22.7. The minimum absolute atomic E-state index is 0.165. The number of rotatable bonds is 5. The summed E-state index contributed by atoms with van der Waals surface area (Å²) in [5.41, 5.74) is 0.531. The lowest BCUT2D eigenvalue weighted by molar-refractivity contribution is -0.00245. The highest BCUT2D eigenvalue weighted by molar-refractivity contribution is 8.00. The molecule has 0 saturated carbocycles. The van der Waals surface area contributed by atoms with Crippen molar-refractivity contribution in [2.75, 3.05) is 26.0 Å². The van der Waals surface area contributed by atoms with E-state index >= 15 is 0 Å². The van der Waals surface area contributed by atoms with E-state index in [1.165, 1.54) is 33.7 Å². The second kappa shape index (κ2) is 6.63. The first-order chi connectivity index (χ1) is 10.6. The minimum Gasteiger partial charge on any atom is -0.389 e. The van der Waals surface area contributed by atoms with Crippen LogP contribution in [0.3, 0.4) is 0 Å². The van der Waals surface area contributed by atoms with Crippen LogP contribution in [0, 0.1) is 0 Å². The van der Waals surface area contributed by atoms with Crippen molar-refractivity contribution >= 4 is 28.1 Å². The fourth-order valence-electron chi connectivity index (χ4n) is 2.57. The van der Waals surface area contributed by atoms with Crippen molar-refractivity contribution in [2.45, 2.75) is 30.0 Å². The van der Waals surface area contributed by atoms with Crippen molar-refractivity contribution in [3.63, 3.8) is 0 Å². The molecule has 7 nitrogen and oxygen atoms in total. The summed E-state index contributed by atoms with van der Waals surface area (Å²) in [6, 6.07) is 1.51. The van der Waals surface area contributed by atoms with Crippen LogP contribution in [0.5, 0.6) is 0 Å². The van der Waals surface area contributed by atoms with E-state index in [0.717, 1.165) is 4.34 Å². The molecule has 22 heavy (non-hydrogen) atoms. The van der Waals surface area contributed by atoms with Crippen molar-refractivity contribution < 1.29 is 9.84 Å². The zero-order valence-electron chi connectivity index (χ0n) is 12.4. The molecule has 2 aromatic rings. The van der Waals surface area contributed by atoms with E-state index < -0.39 is 6.10 Å². The van der Waals surface area contributed by atoms with Crippen LogP contribution in [0.1, 0.15) is 12.6 Å². The van der Waals surface area contributed by atoms with Crippen LogP contribution in [0.4, 0.5) is 0 Å². The van der Waals surface area contributed by atoms with Gasteiger partial charge in [0.2, 0.25) is 4.96 Å². The lowest BCUT2D eigenvalue weighted by atomic mass is 10.3. The maximum Gasteiger partial charge on any atom is 0.275 e. The van der Waals surface area contributed by atoms with E-state index in [4.69, 9.17) is 4.74 Å². The third kappa shape index (κ3) is 3.18. The van der Waals surface area contributed by atoms with Gasteiger partial charge in [-0.3, -0.25) is 9.69 Å². The monoisotopic (exact) mass is 342 g/mol. The predicted octanol–water partition coefficient (Wildman–Crippen LogP) is 0.454. The summed E-state index contributed by atoms with van der Waals surface area (Å²) < 4.78 is 7.66. The first kappa shape index (κ1) is 15.9. The molecule has 0 bridgehead atoms. The molecule has 0 radical (unpaired) electrons. The number of fused-ring (bicyclic) bond motifs is 1. The smallest absolute Gasteiger partial charge is 0.275 e. The van der Waals surface area contributed by atoms with Crippen molar-refractivity contribution in [2.24, 2.45) is 0 Å². The number of thioether (sulfide) groups is 1. The SMILES string of the molecule is CCO[C@@H]1CN(Cc2cc(=O)n3nc(SC)sc3n2)C[C@H]1O. The summed E-state index contributed by atoms with van der Waals surface area (Å²) in [5.74, 6) is 0. The Kier molecular flexibility index (Phi) is 4.79. The molecular formula is C13H18N4O3S2. The van der Waals surface area contributed by atoms with Gasteiger partial charge >= 0.3 is 0 Å². The van der Waals surface area contributed by atoms with E-state index in [1.54, 1.807) is 0 Å². The molecule has 3 rings (SSSR count).